The summed E-state index contributed by atoms with van der Waals surface area (Å²) >= 11 is 0. The summed E-state index contributed by atoms with van der Waals surface area (Å²) in [6, 6.07) is 9.19. The van der Waals surface area contributed by atoms with E-state index in [9.17, 15) is 19.8 Å². The third-order valence-electron chi connectivity index (χ3n) is 5.51. The normalized spacial score (nSPS) is 27.0. The smallest absolute Gasteiger partial charge is 0.407 e. The largest absolute Gasteiger partial charge is 0.481 e. The Labute approximate surface area is 143 Å². The quantitative estimate of drug-likeness (QED) is 0.818. The van der Waals surface area contributed by atoms with Crippen LogP contribution in [0.15, 0.2) is 30.3 Å². The Kier molecular flexibility index (Phi) is 5.86. The van der Waals surface area contributed by atoms with Crippen molar-refractivity contribution in [3.8, 4) is 0 Å². The van der Waals surface area contributed by atoms with E-state index in [0.717, 1.165) is 18.4 Å². The molecule has 1 aromatic carbocycles. The van der Waals surface area contributed by atoms with Crippen LogP contribution >= 0.6 is 0 Å². The highest BCUT2D eigenvalue weighted by Crippen LogP contribution is 2.50. The minimum absolute atomic E-state index is 0.168. The Bertz CT molecular complexity index is 574. The first-order valence-electron chi connectivity index (χ1n) is 8.76. The molecule has 0 radical (unpaired) electrons. The fourth-order valence-corrected chi connectivity index (χ4v) is 4.31. The highest BCUT2D eigenvalue weighted by atomic mass is 16.4. The number of amides is 1. The Morgan fingerprint density at radius 1 is 1.21 bits per heavy atom. The van der Waals surface area contributed by atoms with Gasteiger partial charge in [0, 0.05) is 12.5 Å². The molecular formula is C19H27NO4. The number of carboxylic acid groups (broad SMARTS) is 2. The summed E-state index contributed by atoms with van der Waals surface area (Å²) in [5, 5.41) is 19.8. The van der Waals surface area contributed by atoms with Gasteiger partial charge in [0.2, 0.25) is 0 Å². The minimum Gasteiger partial charge on any atom is -0.481 e. The Balaban J connectivity index is 2.53. The summed E-state index contributed by atoms with van der Waals surface area (Å²) in [5.74, 6) is -1.05. The number of hydrogen-bond acceptors (Lipinski definition) is 2. The topological polar surface area (TPSA) is 77.8 Å². The molecule has 0 bridgehead atoms. The lowest BCUT2D eigenvalue weighted by atomic mass is 9.60. The van der Waals surface area contributed by atoms with Gasteiger partial charge in [-0.15, -0.1) is 0 Å². The molecule has 2 N–H and O–H groups in total. The number of likely N-dealkylation sites (tertiary alicyclic amines) is 1. The van der Waals surface area contributed by atoms with E-state index in [1.54, 1.807) is 0 Å². The second-order valence-corrected chi connectivity index (χ2v) is 6.59. The van der Waals surface area contributed by atoms with Crippen LogP contribution in [0, 0.1) is 5.41 Å². The van der Waals surface area contributed by atoms with E-state index in [4.69, 9.17) is 0 Å². The molecule has 1 fully saturated rings. The fourth-order valence-electron chi connectivity index (χ4n) is 4.31. The molecule has 2 rings (SSSR count). The van der Waals surface area contributed by atoms with Crippen molar-refractivity contribution in [3.05, 3.63) is 35.9 Å². The van der Waals surface area contributed by atoms with E-state index >= 15 is 0 Å². The molecule has 132 valence electrons. The number of unbranched alkanes of at least 4 members (excludes halogenated alkanes) is 1. The molecule has 1 aliphatic heterocycles. The Morgan fingerprint density at radius 3 is 2.38 bits per heavy atom. The van der Waals surface area contributed by atoms with Gasteiger partial charge in [-0.2, -0.15) is 0 Å². The highest BCUT2D eigenvalue weighted by Gasteiger charge is 2.56. The molecule has 1 amide bonds. The number of piperidine rings is 1. The third-order valence-corrected chi connectivity index (χ3v) is 5.51. The molecule has 3 atom stereocenters. The zero-order chi connectivity index (χ0) is 17.7. The van der Waals surface area contributed by atoms with Gasteiger partial charge in [-0.1, -0.05) is 57.0 Å². The van der Waals surface area contributed by atoms with Gasteiger partial charge in [0.05, 0.1) is 11.5 Å². The molecule has 1 saturated heterocycles. The standard InChI is InChI=1S/C19H27NO4/c1-3-5-11-16-19(4-2,17(21)22)15(12-13-20(16)18(23)24)14-9-7-6-8-10-14/h6-10,15-16H,3-5,11-13H2,1-2H3,(H,21,22)(H,23,24). The first kappa shape index (κ1) is 18.3. The maximum absolute atomic E-state index is 12.4. The van der Waals surface area contributed by atoms with Gasteiger partial charge >= 0.3 is 12.1 Å². The number of aliphatic carboxylic acids is 1. The van der Waals surface area contributed by atoms with Crippen LogP contribution in [-0.2, 0) is 4.79 Å². The average molecular weight is 333 g/mol. The molecule has 0 aliphatic carbocycles. The van der Waals surface area contributed by atoms with E-state index in [0.29, 0.717) is 25.8 Å². The van der Waals surface area contributed by atoms with Gasteiger partial charge in [0.15, 0.2) is 0 Å². The van der Waals surface area contributed by atoms with Crippen molar-refractivity contribution in [1.82, 2.24) is 4.90 Å². The second-order valence-electron chi connectivity index (χ2n) is 6.59. The van der Waals surface area contributed by atoms with Crippen molar-refractivity contribution in [1.29, 1.82) is 0 Å². The van der Waals surface area contributed by atoms with Crippen molar-refractivity contribution in [2.24, 2.45) is 5.41 Å². The van der Waals surface area contributed by atoms with Gasteiger partial charge in [-0.25, -0.2) is 4.79 Å². The van der Waals surface area contributed by atoms with Crippen molar-refractivity contribution in [3.63, 3.8) is 0 Å². The summed E-state index contributed by atoms with van der Waals surface area (Å²) in [5.41, 5.74) is -0.0824. The summed E-state index contributed by atoms with van der Waals surface area (Å²) in [4.78, 5) is 25.5. The lowest BCUT2D eigenvalue weighted by molar-refractivity contribution is -0.159. The number of rotatable bonds is 6. The average Bonchev–Trinajstić information content (AvgIpc) is 2.59. The zero-order valence-electron chi connectivity index (χ0n) is 14.4. The van der Waals surface area contributed by atoms with Crippen molar-refractivity contribution < 1.29 is 19.8 Å². The predicted molar refractivity (Wildman–Crippen MR) is 92.2 cm³/mol. The summed E-state index contributed by atoms with van der Waals surface area (Å²) in [7, 11) is 0. The third kappa shape index (κ3) is 3.12. The number of nitrogens with zero attached hydrogens (tertiary/aromatic N) is 1. The molecule has 0 spiro atoms. The number of carbonyl (C=O) groups is 2. The van der Waals surface area contributed by atoms with E-state index in [2.05, 4.69) is 0 Å². The first-order chi connectivity index (χ1) is 11.5. The minimum atomic E-state index is -1.08. The summed E-state index contributed by atoms with van der Waals surface area (Å²) in [6.45, 7) is 4.30. The van der Waals surface area contributed by atoms with Crippen LogP contribution in [0.3, 0.4) is 0 Å². The van der Waals surface area contributed by atoms with Gasteiger partial charge in [-0.3, -0.25) is 4.79 Å². The Hall–Kier alpha value is -2.04. The number of hydrogen-bond donors (Lipinski definition) is 2. The van der Waals surface area contributed by atoms with Crippen molar-refractivity contribution in [2.45, 2.75) is 57.9 Å². The molecular weight excluding hydrogens is 306 g/mol. The maximum Gasteiger partial charge on any atom is 0.407 e. The van der Waals surface area contributed by atoms with Gasteiger partial charge in [0.1, 0.15) is 0 Å². The van der Waals surface area contributed by atoms with Crippen LogP contribution in [0.1, 0.15) is 57.4 Å². The maximum atomic E-state index is 12.4. The van der Waals surface area contributed by atoms with E-state index in [1.807, 2.05) is 44.2 Å². The summed E-state index contributed by atoms with van der Waals surface area (Å²) < 4.78 is 0. The van der Waals surface area contributed by atoms with E-state index in [-0.39, 0.29) is 5.92 Å². The molecule has 24 heavy (non-hydrogen) atoms. The predicted octanol–water partition coefficient (Wildman–Crippen LogP) is 4.19. The molecule has 1 heterocycles. The molecule has 3 unspecified atom stereocenters. The second kappa shape index (κ2) is 7.69. The van der Waals surface area contributed by atoms with Crippen LogP contribution in [-0.4, -0.2) is 39.8 Å². The van der Waals surface area contributed by atoms with Crippen molar-refractivity contribution in [2.75, 3.05) is 6.54 Å². The number of carboxylic acids is 1. The first-order valence-corrected chi connectivity index (χ1v) is 8.76. The van der Waals surface area contributed by atoms with Crippen LogP contribution in [0.2, 0.25) is 0 Å². The molecule has 0 saturated carbocycles. The lowest BCUT2D eigenvalue weighted by Gasteiger charge is -2.51. The van der Waals surface area contributed by atoms with Crippen LogP contribution in [0.25, 0.3) is 0 Å². The summed E-state index contributed by atoms with van der Waals surface area (Å²) in [6.07, 6.45) is 2.28. The molecule has 1 aromatic rings. The number of benzene rings is 1. The van der Waals surface area contributed by atoms with Crippen molar-refractivity contribution >= 4 is 12.1 Å². The van der Waals surface area contributed by atoms with Crippen LogP contribution in [0.4, 0.5) is 4.79 Å². The van der Waals surface area contributed by atoms with Gasteiger partial charge in [-0.05, 0) is 24.8 Å². The monoisotopic (exact) mass is 333 g/mol. The fraction of sp³-hybridized carbons (Fsp3) is 0.579. The lowest BCUT2D eigenvalue weighted by Crippen LogP contribution is -2.60. The molecule has 5 heteroatoms. The van der Waals surface area contributed by atoms with E-state index < -0.39 is 23.5 Å². The Morgan fingerprint density at radius 2 is 1.88 bits per heavy atom. The molecule has 1 aliphatic rings. The molecule has 0 aromatic heterocycles. The van der Waals surface area contributed by atoms with Gasteiger partial charge < -0.3 is 15.1 Å². The van der Waals surface area contributed by atoms with E-state index in [1.165, 1.54) is 4.90 Å². The SMILES string of the molecule is CCCCC1N(C(=O)O)CCC(c2ccccc2)C1(CC)C(=O)O. The van der Waals surface area contributed by atoms with Gasteiger partial charge in [0.25, 0.3) is 0 Å². The van der Waals surface area contributed by atoms with Crippen LogP contribution in [0.5, 0.6) is 0 Å². The van der Waals surface area contributed by atoms with Crippen LogP contribution < -0.4 is 0 Å². The molecule has 5 nitrogen and oxygen atoms in total. The highest BCUT2D eigenvalue weighted by molar-refractivity contribution is 5.79. The zero-order valence-corrected chi connectivity index (χ0v) is 14.4.